The normalized spacial score (nSPS) is 28.2. The van der Waals surface area contributed by atoms with Crippen LogP contribution in [0.15, 0.2) is 24.3 Å². The second-order valence-electron chi connectivity index (χ2n) is 6.64. The van der Waals surface area contributed by atoms with Crippen molar-refractivity contribution in [1.82, 2.24) is 5.32 Å². The van der Waals surface area contributed by atoms with Crippen LogP contribution in [0.1, 0.15) is 38.2 Å². The molecule has 2 bridgehead atoms. The molecule has 0 aliphatic heterocycles. The predicted molar refractivity (Wildman–Crippen MR) is 92.0 cm³/mol. The van der Waals surface area contributed by atoms with Crippen molar-refractivity contribution >= 4 is 35.2 Å². The molecule has 2 saturated carbocycles. The zero-order chi connectivity index (χ0) is 15.7. The molecule has 0 heterocycles. The Morgan fingerprint density at radius 2 is 2.14 bits per heavy atom. The molecule has 2 nitrogen and oxygen atoms in total. The zero-order valence-electron chi connectivity index (χ0n) is 12.7. The molecule has 2 aliphatic rings. The van der Waals surface area contributed by atoms with E-state index in [1.54, 1.807) is 24.3 Å². The molecule has 0 aromatic heterocycles. The third-order valence-electron chi connectivity index (χ3n) is 5.18. The van der Waals surface area contributed by atoms with Crippen LogP contribution >= 0.6 is 23.2 Å². The number of benzene rings is 1. The number of halogens is 2. The Morgan fingerprint density at radius 3 is 2.77 bits per heavy atom. The number of hydrogen-bond donors (Lipinski definition) is 1. The van der Waals surface area contributed by atoms with Gasteiger partial charge in [0.25, 0.3) is 0 Å². The van der Waals surface area contributed by atoms with E-state index in [9.17, 15) is 4.79 Å². The van der Waals surface area contributed by atoms with E-state index in [-0.39, 0.29) is 11.9 Å². The minimum absolute atomic E-state index is 0.0544. The van der Waals surface area contributed by atoms with Crippen LogP contribution in [0.5, 0.6) is 0 Å². The van der Waals surface area contributed by atoms with Crippen molar-refractivity contribution in [3.8, 4) is 0 Å². The summed E-state index contributed by atoms with van der Waals surface area (Å²) in [7, 11) is 0. The van der Waals surface area contributed by atoms with Crippen molar-refractivity contribution in [3.05, 3.63) is 39.9 Å². The second kappa shape index (κ2) is 6.64. The van der Waals surface area contributed by atoms with E-state index in [1.165, 1.54) is 25.7 Å². The van der Waals surface area contributed by atoms with Crippen molar-refractivity contribution in [2.75, 3.05) is 0 Å². The number of carbonyl (C=O) groups is 1. The third kappa shape index (κ3) is 3.49. The molecule has 0 saturated heterocycles. The van der Waals surface area contributed by atoms with Crippen molar-refractivity contribution in [2.24, 2.45) is 17.8 Å². The first-order chi connectivity index (χ1) is 10.5. The molecule has 22 heavy (non-hydrogen) atoms. The Balaban J connectivity index is 1.56. The molecule has 4 heteroatoms. The van der Waals surface area contributed by atoms with Gasteiger partial charge < -0.3 is 5.32 Å². The number of nitrogens with one attached hydrogen (secondary N) is 1. The smallest absolute Gasteiger partial charge is 0.244 e. The van der Waals surface area contributed by atoms with Gasteiger partial charge in [-0.3, -0.25) is 4.79 Å². The summed E-state index contributed by atoms with van der Waals surface area (Å²) in [6.45, 7) is 2.13. The van der Waals surface area contributed by atoms with Gasteiger partial charge in [-0.05, 0) is 67.7 Å². The largest absolute Gasteiger partial charge is 0.350 e. The van der Waals surface area contributed by atoms with Gasteiger partial charge >= 0.3 is 0 Å². The number of amides is 1. The minimum atomic E-state index is -0.0544. The number of carbonyl (C=O) groups excluding carboxylic acids is 1. The maximum atomic E-state index is 12.1. The average Bonchev–Trinajstić information content (AvgIpc) is 3.09. The lowest BCUT2D eigenvalue weighted by Crippen LogP contribution is -2.39. The number of rotatable bonds is 4. The first-order valence-corrected chi connectivity index (χ1v) is 8.72. The Hall–Kier alpha value is -0.990. The summed E-state index contributed by atoms with van der Waals surface area (Å²) >= 11 is 12.0. The van der Waals surface area contributed by atoms with Crippen LogP contribution in [0, 0.1) is 17.8 Å². The maximum Gasteiger partial charge on any atom is 0.244 e. The summed E-state index contributed by atoms with van der Waals surface area (Å²) in [5.74, 6) is 2.31. The van der Waals surface area contributed by atoms with Crippen molar-refractivity contribution in [3.63, 3.8) is 0 Å². The second-order valence-corrected chi connectivity index (χ2v) is 7.48. The van der Waals surface area contributed by atoms with E-state index in [4.69, 9.17) is 23.2 Å². The van der Waals surface area contributed by atoms with E-state index in [0.29, 0.717) is 16.0 Å². The number of fused-ring (bicyclic) bond motifs is 2. The Morgan fingerprint density at radius 1 is 1.32 bits per heavy atom. The molecular weight excluding hydrogens is 317 g/mol. The molecule has 1 N–H and O–H groups in total. The average molecular weight is 338 g/mol. The fourth-order valence-electron chi connectivity index (χ4n) is 4.09. The van der Waals surface area contributed by atoms with E-state index in [0.717, 1.165) is 17.4 Å². The quantitative estimate of drug-likeness (QED) is 0.774. The van der Waals surface area contributed by atoms with Gasteiger partial charge in [0.2, 0.25) is 5.91 Å². The van der Waals surface area contributed by atoms with Gasteiger partial charge in [-0.2, -0.15) is 0 Å². The molecule has 4 atom stereocenters. The Kier molecular flexibility index (Phi) is 4.79. The fourth-order valence-corrected chi connectivity index (χ4v) is 4.56. The third-order valence-corrected chi connectivity index (χ3v) is 5.74. The van der Waals surface area contributed by atoms with Gasteiger partial charge in [0, 0.05) is 22.2 Å². The van der Waals surface area contributed by atoms with Crippen molar-refractivity contribution < 1.29 is 4.79 Å². The lowest BCUT2D eigenvalue weighted by atomic mass is 9.84. The van der Waals surface area contributed by atoms with Gasteiger partial charge in [-0.15, -0.1) is 0 Å². The molecule has 2 fully saturated rings. The molecule has 4 unspecified atom stereocenters. The summed E-state index contributed by atoms with van der Waals surface area (Å²) in [6, 6.07) is 5.50. The van der Waals surface area contributed by atoms with Gasteiger partial charge in [0.15, 0.2) is 0 Å². The Bertz CT molecular complexity index is 599. The minimum Gasteiger partial charge on any atom is -0.350 e. The molecule has 1 amide bonds. The molecule has 2 aliphatic carbocycles. The standard InChI is InChI=1S/C18H21Cl2NO/c1-11(16-9-12-2-3-14(16)8-12)21-18(22)7-5-13-4-6-15(19)10-17(13)20/h4-7,10-12,14,16H,2-3,8-9H2,1H3,(H,21,22). The summed E-state index contributed by atoms with van der Waals surface area (Å²) in [6.07, 6.45) is 8.66. The summed E-state index contributed by atoms with van der Waals surface area (Å²) in [4.78, 5) is 12.1. The first kappa shape index (κ1) is 15.9. The van der Waals surface area contributed by atoms with Crippen LogP contribution in [0.3, 0.4) is 0 Å². The highest BCUT2D eigenvalue weighted by atomic mass is 35.5. The number of hydrogen-bond acceptors (Lipinski definition) is 1. The highest BCUT2D eigenvalue weighted by molar-refractivity contribution is 6.35. The van der Waals surface area contributed by atoms with Gasteiger partial charge in [0.1, 0.15) is 0 Å². The van der Waals surface area contributed by atoms with Crippen molar-refractivity contribution in [2.45, 2.75) is 38.6 Å². The maximum absolute atomic E-state index is 12.1. The first-order valence-electron chi connectivity index (χ1n) is 7.96. The molecule has 118 valence electrons. The van der Waals surface area contributed by atoms with E-state index >= 15 is 0 Å². The van der Waals surface area contributed by atoms with Gasteiger partial charge in [-0.1, -0.05) is 35.7 Å². The highest BCUT2D eigenvalue weighted by Gasteiger charge is 2.41. The summed E-state index contributed by atoms with van der Waals surface area (Å²) in [5.41, 5.74) is 0.800. The van der Waals surface area contributed by atoms with Crippen molar-refractivity contribution in [1.29, 1.82) is 0 Å². The van der Waals surface area contributed by atoms with E-state index < -0.39 is 0 Å². The lowest BCUT2D eigenvalue weighted by molar-refractivity contribution is -0.117. The molecule has 0 radical (unpaired) electrons. The molecule has 1 aromatic rings. The lowest BCUT2D eigenvalue weighted by Gasteiger charge is -2.28. The van der Waals surface area contributed by atoms with E-state index in [2.05, 4.69) is 12.2 Å². The zero-order valence-corrected chi connectivity index (χ0v) is 14.2. The van der Waals surface area contributed by atoms with Crippen LogP contribution in [-0.2, 0) is 4.79 Å². The summed E-state index contributed by atoms with van der Waals surface area (Å²) in [5, 5.41) is 4.26. The topological polar surface area (TPSA) is 29.1 Å². The molecular formula is C18H21Cl2NO. The van der Waals surface area contributed by atoms with Gasteiger partial charge in [0.05, 0.1) is 0 Å². The Labute approximate surface area is 141 Å². The fraction of sp³-hybridized carbons (Fsp3) is 0.500. The van der Waals surface area contributed by atoms with Crippen LogP contribution in [0.25, 0.3) is 6.08 Å². The summed E-state index contributed by atoms with van der Waals surface area (Å²) < 4.78 is 0. The molecule has 0 spiro atoms. The highest BCUT2D eigenvalue weighted by Crippen LogP contribution is 2.49. The van der Waals surface area contributed by atoms with E-state index in [1.807, 2.05) is 6.07 Å². The van der Waals surface area contributed by atoms with Crippen LogP contribution in [-0.4, -0.2) is 11.9 Å². The van der Waals surface area contributed by atoms with Crippen LogP contribution in [0.4, 0.5) is 0 Å². The van der Waals surface area contributed by atoms with Gasteiger partial charge in [-0.25, -0.2) is 0 Å². The van der Waals surface area contributed by atoms with Crippen LogP contribution in [0.2, 0.25) is 10.0 Å². The monoisotopic (exact) mass is 337 g/mol. The molecule has 3 rings (SSSR count). The van der Waals surface area contributed by atoms with Crippen LogP contribution < -0.4 is 5.32 Å². The molecule has 1 aromatic carbocycles. The predicted octanol–water partition coefficient (Wildman–Crippen LogP) is 4.95. The SMILES string of the molecule is CC(NC(=O)C=Cc1ccc(Cl)cc1Cl)C1CC2CCC1C2.